The van der Waals surface area contributed by atoms with E-state index in [-0.39, 0.29) is 24.4 Å². The Morgan fingerprint density at radius 2 is 1.76 bits per heavy atom. The van der Waals surface area contributed by atoms with Crippen molar-refractivity contribution in [3.05, 3.63) is 103 Å². The molecule has 14 nitrogen and oxygen atoms in total. The first-order valence-corrected chi connectivity index (χ1v) is 16.4. The molecule has 1 aliphatic carbocycles. The molecule has 3 amide bonds. The van der Waals surface area contributed by atoms with Crippen LogP contribution < -0.4 is 26.2 Å². The minimum Gasteiger partial charge on any atom is -0.388 e. The summed E-state index contributed by atoms with van der Waals surface area (Å²) in [5.41, 5.74) is 1.91. The van der Waals surface area contributed by atoms with Crippen molar-refractivity contribution in [3.8, 4) is 0 Å². The Bertz CT molecular complexity index is 1860. The Kier molecular flexibility index (Phi) is 9.05. The van der Waals surface area contributed by atoms with Gasteiger partial charge in [-0.05, 0) is 42.5 Å². The number of aliphatic hydroxyl groups excluding tert-OH is 1. The van der Waals surface area contributed by atoms with Gasteiger partial charge in [-0.3, -0.25) is 9.78 Å². The summed E-state index contributed by atoms with van der Waals surface area (Å²) in [6.07, 6.45) is 5.35. The number of imidazole rings is 1. The average molecular weight is 663 g/mol. The number of anilines is 3. The molecule has 2 aromatic carbocycles. The summed E-state index contributed by atoms with van der Waals surface area (Å²) in [5, 5.41) is 33.9. The van der Waals surface area contributed by atoms with Gasteiger partial charge in [0.1, 0.15) is 6.10 Å². The number of carbonyl (C=O) groups is 2. The number of hydrogen-bond donors (Lipinski definition) is 6. The van der Waals surface area contributed by atoms with Crippen molar-refractivity contribution in [3.63, 3.8) is 0 Å². The number of nitrogens with one attached hydrogen (secondary N) is 4. The van der Waals surface area contributed by atoms with Gasteiger partial charge >= 0.3 is 6.03 Å². The Morgan fingerprint density at radius 1 is 1.00 bits per heavy atom. The third kappa shape index (κ3) is 6.60. The van der Waals surface area contributed by atoms with Crippen LogP contribution in [0.25, 0.3) is 11.2 Å². The summed E-state index contributed by atoms with van der Waals surface area (Å²) in [6.45, 7) is 1.56. The molecule has 0 bridgehead atoms. The number of carbonyl (C=O) groups excluding carboxylic acids is 2. The molecule has 6 N–H and O–H groups in total. The predicted molar refractivity (Wildman–Crippen MR) is 184 cm³/mol. The summed E-state index contributed by atoms with van der Waals surface area (Å²) in [6, 6.07) is 22.8. The van der Waals surface area contributed by atoms with E-state index in [1.165, 1.54) is 0 Å². The number of hydrogen-bond acceptors (Lipinski definition) is 10. The highest BCUT2D eigenvalue weighted by Gasteiger charge is 2.50. The van der Waals surface area contributed by atoms with Crippen LogP contribution in [0.5, 0.6) is 0 Å². The van der Waals surface area contributed by atoms with Gasteiger partial charge in [0.2, 0.25) is 12.4 Å². The Hall–Kier alpha value is -5.60. The molecule has 4 atom stereocenters. The summed E-state index contributed by atoms with van der Waals surface area (Å²) in [7, 11) is 0. The standard InChI is InChI=1S/C35H38N10O4/c46-22-39-35(49)28(13-14-29(35)47)45-21-38-30-31(37-19-27(23-8-3-1-4-9-23)24-10-5-2-6-11-24)42-33(43-32(30)45)44-17-15-26(20-44)41-34(48)40-25-12-7-16-36-18-25/h1-12,16,18,21-22,26-29,47,49H,13-15,17,19-20H2,(H,39,46)(H,37,42,43)(H2,40,41,48). The maximum absolute atomic E-state index is 12.7. The molecule has 2 aliphatic rings. The van der Waals surface area contributed by atoms with Crippen LogP contribution >= 0.6 is 0 Å². The normalized spacial score (nSPS) is 21.9. The predicted octanol–water partition coefficient (Wildman–Crippen LogP) is 3.00. The maximum Gasteiger partial charge on any atom is 0.319 e. The molecule has 2 fully saturated rings. The minimum atomic E-state index is -1.90. The van der Waals surface area contributed by atoms with E-state index in [9.17, 15) is 19.8 Å². The molecular weight excluding hydrogens is 624 g/mol. The number of benzene rings is 2. The minimum absolute atomic E-state index is 0.00325. The van der Waals surface area contributed by atoms with E-state index in [2.05, 4.69) is 55.5 Å². The van der Waals surface area contributed by atoms with Crippen LogP contribution in [0.1, 0.15) is 42.3 Å². The monoisotopic (exact) mass is 662 g/mol. The zero-order chi connectivity index (χ0) is 33.8. The van der Waals surface area contributed by atoms with E-state index in [1.807, 2.05) is 41.3 Å². The van der Waals surface area contributed by atoms with Gasteiger partial charge in [-0.25, -0.2) is 9.78 Å². The molecule has 5 aromatic rings. The third-order valence-corrected chi connectivity index (χ3v) is 9.37. The van der Waals surface area contributed by atoms with Gasteiger partial charge in [0, 0.05) is 37.8 Å². The number of pyridine rings is 1. The highest BCUT2D eigenvalue weighted by atomic mass is 16.4. The van der Waals surface area contributed by atoms with Crippen LogP contribution in [0.2, 0.25) is 0 Å². The fraction of sp³-hybridized carbons (Fsp3) is 0.314. The molecule has 1 saturated heterocycles. The van der Waals surface area contributed by atoms with Crippen molar-refractivity contribution >= 4 is 41.1 Å². The van der Waals surface area contributed by atoms with Gasteiger partial charge in [0.05, 0.1) is 24.3 Å². The Balaban J connectivity index is 1.20. The van der Waals surface area contributed by atoms with Gasteiger partial charge in [0.25, 0.3) is 0 Å². The quantitative estimate of drug-likeness (QED) is 0.0909. The highest BCUT2D eigenvalue weighted by molar-refractivity contribution is 5.89. The van der Waals surface area contributed by atoms with E-state index in [0.717, 1.165) is 11.1 Å². The number of rotatable bonds is 11. The van der Waals surface area contributed by atoms with Crippen molar-refractivity contribution in [1.82, 2.24) is 35.1 Å². The number of urea groups is 1. The molecular formula is C35H38N10O4. The number of amides is 3. The van der Waals surface area contributed by atoms with E-state index >= 15 is 0 Å². The zero-order valence-corrected chi connectivity index (χ0v) is 26.7. The van der Waals surface area contributed by atoms with Crippen molar-refractivity contribution in [1.29, 1.82) is 0 Å². The highest BCUT2D eigenvalue weighted by Crippen LogP contribution is 2.40. The average Bonchev–Trinajstić information content (AvgIpc) is 3.84. The van der Waals surface area contributed by atoms with Crippen LogP contribution in [0.4, 0.5) is 22.2 Å². The summed E-state index contributed by atoms with van der Waals surface area (Å²) >= 11 is 0. The van der Waals surface area contributed by atoms with E-state index in [0.29, 0.717) is 67.5 Å². The van der Waals surface area contributed by atoms with E-state index in [4.69, 9.17) is 9.97 Å². The van der Waals surface area contributed by atoms with E-state index < -0.39 is 17.9 Å². The van der Waals surface area contributed by atoms with Gasteiger partial charge in [-0.2, -0.15) is 9.97 Å². The fourth-order valence-electron chi connectivity index (χ4n) is 6.86. The third-order valence-electron chi connectivity index (χ3n) is 9.37. The lowest BCUT2D eigenvalue weighted by Gasteiger charge is -2.32. The molecule has 49 heavy (non-hydrogen) atoms. The fourth-order valence-corrected chi connectivity index (χ4v) is 6.86. The SMILES string of the molecule is O=CNC1(O)C(O)CCC1n1cnc2c(NCC(c3ccccc3)c3ccccc3)nc(N3CCC(NC(=O)Nc4cccnc4)C3)nc21. The second-order valence-electron chi connectivity index (χ2n) is 12.4. The summed E-state index contributed by atoms with van der Waals surface area (Å²) in [5.74, 6) is 0.936. The summed E-state index contributed by atoms with van der Waals surface area (Å²) in [4.78, 5) is 44.8. The molecule has 3 aromatic heterocycles. The molecule has 4 unspecified atom stereocenters. The second-order valence-corrected chi connectivity index (χ2v) is 12.4. The number of fused-ring (bicyclic) bond motifs is 1. The maximum atomic E-state index is 12.7. The van der Waals surface area contributed by atoms with Crippen LogP contribution in [-0.2, 0) is 4.79 Å². The first-order valence-electron chi connectivity index (χ1n) is 16.4. The lowest BCUT2D eigenvalue weighted by atomic mass is 9.91. The van der Waals surface area contributed by atoms with Gasteiger partial charge < -0.3 is 40.9 Å². The number of aromatic nitrogens is 5. The Morgan fingerprint density at radius 3 is 2.45 bits per heavy atom. The van der Waals surface area contributed by atoms with Gasteiger partial charge in [-0.15, -0.1) is 0 Å². The first-order chi connectivity index (χ1) is 23.9. The van der Waals surface area contributed by atoms with Crippen LogP contribution in [0.3, 0.4) is 0 Å². The lowest BCUT2D eigenvalue weighted by Crippen LogP contribution is -2.55. The largest absolute Gasteiger partial charge is 0.388 e. The van der Waals surface area contributed by atoms with Crippen molar-refractivity contribution in [2.45, 2.75) is 49.1 Å². The topological polar surface area (TPSA) is 182 Å². The second kappa shape index (κ2) is 13.9. The van der Waals surface area contributed by atoms with Crippen molar-refractivity contribution < 1.29 is 19.8 Å². The lowest BCUT2D eigenvalue weighted by molar-refractivity contribution is -0.131. The van der Waals surface area contributed by atoms with Crippen LogP contribution in [0, 0.1) is 0 Å². The molecule has 14 heteroatoms. The first kappa shape index (κ1) is 32.0. The summed E-state index contributed by atoms with van der Waals surface area (Å²) < 4.78 is 1.71. The zero-order valence-electron chi connectivity index (χ0n) is 26.7. The number of nitrogens with zero attached hydrogens (tertiary/aromatic N) is 6. The Labute approximate surface area is 282 Å². The van der Waals surface area contributed by atoms with Gasteiger partial charge in [-0.1, -0.05) is 60.7 Å². The molecule has 1 aliphatic heterocycles. The molecule has 1 saturated carbocycles. The number of aliphatic hydroxyl groups is 2. The van der Waals surface area contributed by atoms with E-state index in [1.54, 1.807) is 35.4 Å². The van der Waals surface area contributed by atoms with Crippen molar-refractivity contribution in [2.75, 3.05) is 35.2 Å². The van der Waals surface area contributed by atoms with Gasteiger partial charge in [0.15, 0.2) is 22.7 Å². The molecule has 4 heterocycles. The van der Waals surface area contributed by atoms with Crippen LogP contribution in [-0.4, -0.2) is 84.7 Å². The van der Waals surface area contributed by atoms with Crippen LogP contribution in [0.15, 0.2) is 91.5 Å². The molecule has 252 valence electrons. The molecule has 0 spiro atoms. The molecule has 0 radical (unpaired) electrons. The molecule has 7 rings (SSSR count). The smallest absolute Gasteiger partial charge is 0.319 e. The van der Waals surface area contributed by atoms with Crippen molar-refractivity contribution in [2.24, 2.45) is 0 Å².